The lowest BCUT2D eigenvalue weighted by Gasteiger charge is -2.19. The summed E-state index contributed by atoms with van der Waals surface area (Å²) in [5.74, 6) is -0.129. The minimum absolute atomic E-state index is 0.129. The van der Waals surface area contributed by atoms with Crippen molar-refractivity contribution < 1.29 is 4.39 Å². The van der Waals surface area contributed by atoms with Gasteiger partial charge in [0.2, 0.25) is 0 Å². The molecular formula is C16H24FNS. The minimum atomic E-state index is -0.129. The number of hydrogen-bond acceptors (Lipinski definition) is 2. The van der Waals surface area contributed by atoms with Crippen molar-refractivity contribution in [2.24, 2.45) is 0 Å². The van der Waals surface area contributed by atoms with E-state index < -0.39 is 0 Å². The van der Waals surface area contributed by atoms with Crippen molar-refractivity contribution in [1.29, 1.82) is 0 Å². The van der Waals surface area contributed by atoms with Gasteiger partial charge in [-0.25, -0.2) is 4.39 Å². The molecule has 19 heavy (non-hydrogen) atoms. The molecule has 1 unspecified atom stereocenters. The highest BCUT2D eigenvalue weighted by atomic mass is 32.2. The van der Waals surface area contributed by atoms with Gasteiger partial charge in [0.05, 0.1) is 0 Å². The average Bonchev–Trinajstić information content (AvgIpc) is 2.91. The second-order valence-electron chi connectivity index (χ2n) is 5.38. The lowest BCUT2D eigenvalue weighted by molar-refractivity contribution is 0.554. The molecule has 0 radical (unpaired) electrons. The van der Waals surface area contributed by atoms with Crippen molar-refractivity contribution in [3.63, 3.8) is 0 Å². The van der Waals surface area contributed by atoms with Crippen LogP contribution >= 0.6 is 11.8 Å². The number of nitrogens with one attached hydrogen (secondary N) is 1. The fraction of sp³-hybridized carbons (Fsp3) is 0.625. The molecule has 106 valence electrons. The van der Waals surface area contributed by atoms with Gasteiger partial charge in [-0.2, -0.15) is 0 Å². The Kier molecular flexibility index (Phi) is 5.71. The van der Waals surface area contributed by atoms with Crippen molar-refractivity contribution in [2.45, 2.75) is 62.1 Å². The van der Waals surface area contributed by atoms with Crippen LogP contribution in [0.3, 0.4) is 0 Å². The number of hydrogen-bond donors (Lipinski definition) is 1. The smallest absolute Gasteiger partial charge is 0.123 e. The van der Waals surface area contributed by atoms with E-state index in [1.54, 1.807) is 12.1 Å². The Balaban J connectivity index is 2.11. The van der Waals surface area contributed by atoms with Gasteiger partial charge >= 0.3 is 0 Å². The van der Waals surface area contributed by atoms with Gasteiger partial charge in [-0.3, -0.25) is 0 Å². The van der Waals surface area contributed by atoms with Crippen LogP contribution in [0.5, 0.6) is 0 Å². The molecule has 0 aromatic heterocycles. The van der Waals surface area contributed by atoms with Crippen LogP contribution in [0.1, 0.15) is 57.6 Å². The second-order valence-corrected chi connectivity index (χ2v) is 6.72. The topological polar surface area (TPSA) is 12.0 Å². The summed E-state index contributed by atoms with van der Waals surface area (Å²) in [6, 6.07) is 5.47. The van der Waals surface area contributed by atoms with E-state index >= 15 is 0 Å². The molecule has 0 amide bonds. The van der Waals surface area contributed by atoms with Crippen molar-refractivity contribution >= 4 is 11.8 Å². The molecule has 1 aromatic carbocycles. The van der Waals surface area contributed by atoms with Crippen molar-refractivity contribution in [1.82, 2.24) is 5.32 Å². The summed E-state index contributed by atoms with van der Waals surface area (Å²) < 4.78 is 13.5. The number of thioether (sulfide) groups is 1. The van der Waals surface area contributed by atoms with Crippen LogP contribution in [0.15, 0.2) is 23.1 Å². The van der Waals surface area contributed by atoms with Crippen LogP contribution in [0.25, 0.3) is 0 Å². The summed E-state index contributed by atoms with van der Waals surface area (Å²) in [6.07, 6.45) is 6.40. The van der Waals surface area contributed by atoms with Gasteiger partial charge in [-0.05, 0) is 56.5 Å². The van der Waals surface area contributed by atoms with Gasteiger partial charge < -0.3 is 5.32 Å². The van der Waals surface area contributed by atoms with Crippen LogP contribution in [0, 0.1) is 5.82 Å². The van der Waals surface area contributed by atoms with Gasteiger partial charge in [0.25, 0.3) is 0 Å². The molecule has 1 saturated carbocycles. The van der Waals surface area contributed by atoms with Crippen LogP contribution in [0.4, 0.5) is 4.39 Å². The quantitative estimate of drug-likeness (QED) is 0.794. The van der Waals surface area contributed by atoms with Crippen molar-refractivity contribution in [3.8, 4) is 0 Å². The molecule has 3 heteroatoms. The lowest BCUT2D eigenvalue weighted by Crippen LogP contribution is -2.20. The molecular weight excluding hydrogens is 257 g/mol. The molecule has 1 nitrogen and oxygen atoms in total. The first-order valence-electron chi connectivity index (χ1n) is 7.40. The van der Waals surface area contributed by atoms with E-state index in [1.165, 1.54) is 30.6 Å². The molecule has 1 aliphatic carbocycles. The van der Waals surface area contributed by atoms with E-state index in [0.29, 0.717) is 0 Å². The summed E-state index contributed by atoms with van der Waals surface area (Å²) in [4.78, 5) is 1.25. The van der Waals surface area contributed by atoms with E-state index in [-0.39, 0.29) is 11.9 Å². The molecule has 0 bridgehead atoms. The first-order chi connectivity index (χ1) is 9.20. The normalized spacial score (nSPS) is 17.8. The summed E-state index contributed by atoms with van der Waals surface area (Å²) in [5, 5.41) is 4.19. The zero-order chi connectivity index (χ0) is 13.7. The summed E-state index contributed by atoms with van der Waals surface area (Å²) in [5.41, 5.74) is 1.12. The number of rotatable bonds is 6. The zero-order valence-electron chi connectivity index (χ0n) is 11.9. The molecule has 1 aromatic rings. The van der Waals surface area contributed by atoms with Crippen LogP contribution < -0.4 is 5.32 Å². The average molecular weight is 281 g/mol. The van der Waals surface area contributed by atoms with E-state index in [1.807, 2.05) is 17.8 Å². The maximum atomic E-state index is 13.5. The maximum Gasteiger partial charge on any atom is 0.123 e. The predicted octanol–water partition coefficient (Wildman–Crippen LogP) is 4.92. The van der Waals surface area contributed by atoms with Crippen LogP contribution in [-0.2, 0) is 0 Å². The Bertz CT molecular complexity index is 402. The third-order valence-electron chi connectivity index (χ3n) is 3.73. The van der Waals surface area contributed by atoms with E-state index in [2.05, 4.69) is 19.2 Å². The third kappa shape index (κ3) is 4.22. The number of benzene rings is 1. The van der Waals surface area contributed by atoms with E-state index in [0.717, 1.165) is 23.8 Å². The molecule has 1 N–H and O–H groups in total. The van der Waals surface area contributed by atoms with Gasteiger partial charge in [-0.15, -0.1) is 11.8 Å². The van der Waals surface area contributed by atoms with Crippen molar-refractivity contribution in [2.75, 3.05) is 6.54 Å². The monoisotopic (exact) mass is 281 g/mol. The highest BCUT2D eigenvalue weighted by Gasteiger charge is 2.19. The predicted molar refractivity (Wildman–Crippen MR) is 81.2 cm³/mol. The first-order valence-corrected chi connectivity index (χ1v) is 8.28. The standard InChI is InChI=1S/C16H24FNS/c1-3-10-18-12(2)15-11-13(17)8-9-16(15)19-14-6-4-5-7-14/h8-9,11-12,14,18H,3-7,10H2,1-2H3. The lowest BCUT2D eigenvalue weighted by atomic mass is 10.1. The first kappa shape index (κ1) is 14.9. The van der Waals surface area contributed by atoms with E-state index in [9.17, 15) is 4.39 Å². The fourth-order valence-corrected chi connectivity index (χ4v) is 4.07. The van der Waals surface area contributed by atoms with Crippen molar-refractivity contribution in [3.05, 3.63) is 29.6 Å². The number of halogens is 1. The Morgan fingerprint density at radius 1 is 1.37 bits per heavy atom. The molecule has 1 fully saturated rings. The SMILES string of the molecule is CCCNC(C)c1cc(F)ccc1SC1CCCC1. The molecule has 1 aliphatic rings. The third-order valence-corrected chi connectivity index (χ3v) is 5.17. The Hall–Kier alpha value is -0.540. The van der Waals surface area contributed by atoms with Crippen LogP contribution in [0.2, 0.25) is 0 Å². The summed E-state index contributed by atoms with van der Waals surface area (Å²) in [7, 11) is 0. The summed E-state index contributed by atoms with van der Waals surface area (Å²) >= 11 is 1.94. The maximum absolute atomic E-state index is 13.5. The zero-order valence-corrected chi connectivity index (χ0v) is 12.7. The van der Waals surface area contributed by atoms with Gasteiger partial charge in [0.1, 0.15) is 5.82 Å². The second kappa shape index (κ2) is 7.30. The molecule has 0 spiro atoms. The molecule has 2 rings (SSSR count). The van der Waals surface area contributed by atoms with Gasteiger partial charge in [-0.1, -0.05) is 19.8 Å². The minimum Gasteiger partial charge on any atom is -0.310 e. The Labute approximate surface area is 120 Å². The Morgan fingerprint density at radius 2 is 2.11 bits per heavy atom. The largest absolute Gasteiger partial charge is 0.310 e. The summed E-state index contributed by atoms with van der Waals surface area (Å²) in [6.45, 7) is 5.26. The van der Waals surface area contributed by atoms with Crippen LogP contribution in [-0.4, -0.2) is 11.8 Å². The van der Waals surface area contributed by atoms with Gasteiger partial charge in [0.15, 0.2) is 0 Å². The fourth-order valence-electron chi connectivity index (χ4n) is 2.62. The Morgan fingerprint density at radius 3 is 2.79 bits per heavy atom. The molecule has 0 aliphatic heterocycles. The van der Waals surface area contributed by atoms with E-state index in [4.69, 9.17) is 0 Å². The molecule has 0 saturated heterocycles. The highest BCUT2D eigenvalue weighted by molar-refractivity contribution is 8.00. The molecule has 1 atom stereocenters. The van der Waals surface area contributed by atoms with Gasteiger partial charge in [0, 0.05) is 16.2 Å². The molecule has 0 heterocycles. The highest BCUT2D eigenvalue weighted by Crippen LogP contribution is 2.38.